The lowest BCUT2D eigenvalue weighted by Gasteiger charge is -2.30. The molecule has 0 spiro atoms. The maximum absolute atomic E-state index is 13.7. The third kappa shape index (κ3) is 4.41. The van der Waals surface area contributed by atoms with Crippen LogP contribution in [0.5, 0.6) is 0 Å². The number of carbonyl (C=O) groups is 1. The number of thioether (sulfide) groups is 1. The first-order valence-electron chi connectivity index (χ1n) is 12.2. The largest absolute Gasteiger partial charge is 0.343 e. The van der Waals surface area contributed by atoms with Gasteiger partial charge in [0.05, 0.1) is 22.0 Å². The van der Waals surface area contributed by atoms with Crippen LogP contribution in [0.3, 0.4) is 0 Å². The Balaban J connectivity index is 1.34. The molecule has 3 aromatic carbocycles. The molecule has 35 heavy (non-hydrogen) atoms. The molecule has 1 saturated carbocycles. The van der Waals surface area contributed by atoms with Gasteiger partial charge in [0.2, 0.25) is 0 Å². The predicted octanol–water partition coefficient (Wildman–Crippen LogP) is 7.86. The summed E-state index contributed by atoms with van der Waals surface area (Å²) in [6.07, 6.45) is 7.74. The summed E-state index contributed by atoms with van der Waals surface area (Å²) in [5, 5.41) is 0.806. The van der Waals surface area contributed by atoms with Gasteiger partial charge in [-0.2, -0.15) is 0 Å². The van der Waals surface area contributed by atoms with Crippen molar-refractivity contribution in [3.63, 3.8) is 0 Å². The Labute approximate surface area is 215 Å². The molecule has 1 amide bonds. The molecular formula is C29H27N3OS2. The number of carbonyl (C=O) groups excluding carboxylic acids is 1. The standard InChI is InChI=1S/C29H27N3OS2/c1-31-23-14-8-9-15-25(23)34-26-18-20(16-17-24(26)31)19-27-28(33)32(22-12-6-3-7-13-22)29(35-27)30-21-10-4-2-5-11-21/h2,4-5,8-11,14-19,22H,3,6-7,12-13H2,1H3. The summed E-state index contributed by atoms with van der Waals surface area (Å²) >= 11 is 3.29. The van der Waals surface area contributed by atoms with Crippen LogP contribution in [0.15, 0.2) is 92.5 Å². The summed E-state index contributed by atoms with van der Waals surface area (Å²) in [7, 11) is 2.11. The van der Waals surface area contributed by atoms with Gasteiger partial charge in [-0.25, -0.2) is 4.99 Å². The monoisotopic (exact) mass is 497 g/mol. The number of benzene rings is 3. The minimum Gasteiger partial charge on any atom is -0.343 e. The van der Waals surface area contributed by atoms with E-state index in [-0.39, 0.29) is 11.9 Å². The van der Waals surface area contributed by atoms with Crippen LogP contribution < -0.4 is 4.90 Å². The quantitative estimate of drug-likeness (QED) is 0.345. The van der Waals surface area contributed by atoms with Crippen molar-refractivity contribution in [2.75, 3.05) is 11.9 Å². The summed E-state index contributed by atoms with van der Waals surface area (Å²) in [5.41, 5.74) is 4.35. The Morgan fingerprint density at radius 3 is 2.43 bits per heavy atom. The average Bonchev–Trinajstić information content (AvgIpc) is 3.19. The summed E-state index contributed by atoms with van der Waals surface area (Å²) in [6, 6.07) is 25.1. The highest BCUT2D eigenvalue weighted by molar-refractivity contribution is 8.18. The molecule has 3 aromatic rings. The van der Waals surface area contributed by atoms with Gasteiger partial charge in [-0.1, -0.05) is 67.4 Å². The second-order valence-electron chi connectivity index (χ2n) is 9.16. The fourth-order valence-corrected chi connectivity index (χ4v) is 7.29. The van der Waals surface area contributed by atoms with E-state index in [9.17, 15) is 4.79 Å². The van der Waals surface area contributed by atoms with E-state index >= 15 is 0 Å². The molecule has 0 radical (unpaired) electrons. The highest BCUT2D eigenvalue weighted by Gasteiger charge is 2.38. The van der Waals surface area contributed by atoms with Crippen LogP contribution in [0.1, 0.15) is 37.7 Å². The first-order chi connectivity index (χ1) is 17.2. The van der Waals surface area contributed by atoms with E-state index in [1.807, 2.05) is 41.3 Å². The smallest absolute Gasteiger partial charge is 0.267 e. The highest BCUT2D eigenvalue weighted by Crippen LogP contribution is 2.48. The number of hydrogen-bond acceptors (Lipinski definition) is 5. The zero-order chi connectivity index (χ0) is 23.8. The van der Waals surface area contributed by atoms with Crippen LogP contribution in [0.25, 0.3) is 6.08 Å². The van der Waals surface area contributed by atoms with Gasteiger partial charge in [0.15, 0.2) is 5.17 Å². The number of fused-ring (bicyclic) bond motifs is 2. The molecule has 0 N–H and O–H groups in total. The van der Waals surface area contributed by atoms with E-state index in [1.165, 1.54) is 52.2 Å². The second kappa shape index (κ2) is 9.59. The number of rotatable bonds is 3. The minimum atomic E-state index is 0.0874. The normalized spacial score (nSPS) is 20.4. The zero-order valence-corrected chi connectivity index (χ0v) is 21.3. The van der Waals surface area contributed by atoms with E-state index in [0.29, 0.717) is 0 Å². The predicted molar refractivity (Wildman–Crippen MR) is 148 cm³/mol. The Hall–Kier alpha value is -2.96. The molecule has 0 aromatic heterocycles. The average molecular weight is 498 g/mol. The maximum atomic E-state index is 13.7. The molecule has 2 fully saturated rings. The van der Waals surface area contributed by atoms with Crippen molar-refractivity contribution in [1.82, 2.24) is 4.90 Å². The number of para-hydroxylation sites is 2. The van der Waals surface area contributed by atoms with Gasteiger partial charge in [0, 0.05) is 22.9 Å². The Bertz CT molecular complexity index is 1330. The highest BCUT2D eigenvalue weighted by atomic mass is 32.2. The molecule has 6 rings (SSSR count). The van der Waals surface area contributed by atoms with Crippen molar-refractivity contribution in [2.45, 2.75) is 47.9 Å². The van der Waals surface area contributed by atoms with Gasteiger partial charge in [0.1, 0.15) is 0 Å². The van der Waals surface area contributed by atoms with E-state index in [0.717, 1.165) is 34.2 Å². The van der Waals surface area contributed by atoms with E-state index < -0.39 is 0 Å². The molecule has 1 aliphatic carbocycles. The van der Waals surface area contributed by atoms with Crippen LogP contribution in [-0.4, -0.2) is 29.1 Å². The van der Waals surface area contributed by atoms with Gasteiger partial charge in [0.25, 0.3) is 5.91 Å². The molecular weight excluding hydrogens is 470 g/mol. The first kappa shape index (κ1) is 22.5. The number of aliphatic imine (C=N–C) groups is 1. The molecule has 0 atom stereocenters. The molecule has 0 bridgehead atoms. The minimum absolute atomic E-state index is 0.0874. The summed E-state index contributed by atoms with van der Waals surface area (Å²) in [4.78, 5) is 26.0. The number of anilines is 2. The maximum Gasteiger partial charge on any atom is 0.267 e. The summed E-state index contributed by atoms with van der Waals surface area (Å²) in [5.74, 6) is 0.0874. The first-order valence-corrected chi connectivity index (χ1v) is 13.8. The third-order valence-corrected chi connectivity index (χ3v) is 8.94. The summed E-state index contributed by atoms with van der Waals surface area (Å²) < 4.78 is 0. The number of amides is 1. The molecule has 4 nitrogen and oxygen atoms in total. The SMILES string of the molecule is CN1c2ccccc2Sc2cc(C=C3SC(=Nc4ccccc4)N(C4CCCCC4)C3=O)ccc21. The van der Waals surface area contributed by atoms with E-state index in [4.69, 9.17) is 4.99 Å². The Morgan fingerprint density at radius 2 is 1.60 bits per heavy atom. The van der Waals surface area contributed by atoms with Crippen molar-refractivity contribution < 1.29 is 4.79 Å². The second-order valence-corrected chi connectivity index (χ2v) is 11.3. The van der Waals surface area contributed by atoms with E-state index in [2.05, 4.69) is 54.4 Å². The fraction of sp³-hybridized carbons (Fsp3) is 0.241. The van der Waals surface area contributed by atoms with Gasteiger partial charge in [-0.3, -0.25) is 9.69 Å². The van der Waals surface area contributed by atoms with Gasteiger partial charge >= 0.3 is 0 Å². The van der Waals surface area contributed by atoms with Crippen LogP contribution in [0.2, 0.25) is 0 Å². The van der Waals surface area contributed by atoms with Crippen molar-refractivity contribution in [1.29, 1.82) is 0 Å². The molecule has 6 heteroatoms. The van der Waals surface area contributed by atoms with E-state index in [1.54, 1.807) is 11.8 Å². The van der Waals surface area contributed by atoms with Crippen molar-refractivity contribution >= 4 is 57.7 Å². The van der Waals surface area contributed by atoms with Crippen molar-refractivity contribution in [3.8, 4) is 0 Å². The topological polar surface area (TPSA) is 35.9 Å². The molecule has 3 aliphatic rings. The van der Waals surface area contributed by atoms with Crippen LogP contribution in [-0.2, 0) is 4.79 Å². The summed E-state index contributed by atoms with van der Waals surface area (Å²) in [6.45, 7) is 0. The lowest BCUT2D eigenvalue weighted by molar-refractivity contribution is -0.124. The van der Waals surface area contributed by atoms with Crippen LogP contribution in [0.4, 0.5) is 17.1 Å². The number of amidine groups is 1. The van der Waals surface area contributed by atoms with Crippen LogP contribution in [0, 0.1) is 0 Å². The molecule has 0 unspecified atom stereocenters. The lowest BCUT2D eigenvalue weighted by Crippen LogP contribution is -2.40. The van der Waals surface area contributed by atoms with Crippen molar-refractivity contribution in [3.05, 3.63) is 83.3 Å². The third-order valence-electron chi connectivity index (χ3n) is 6.85. The lowest BCUT2D eigenvalue weighted by atomic mass is 9.94. The molecule has 176 valence electrons. The number of hydrogen-bond donors (Lipinski definition) is 0. The van der Waals surface area contributed by atoms with Crippen molar-refractivity contribution in [2.24, 2.45) is 4.99 Å². The molecule has 1 saturated heterocycles. The fourth-order valence-electron chi connectivity index (χ4n) is 5.04. The van der Waals surface area contributed by atoms with Gasteiger partial charge < -0.3 is 4.90 Å². The Kier molecular flexibility index (Phi) is 6.17. The van der Waals surface area contributed by atoms with Crippen LogP contribution >= 0.6 is 23.5 Å². The molecule has 2 heterocycles. The van der Waals surface area contributed by atoms with Gasteiger partial charge in [-0.05, 0) is 72.6 Å². The Morgan fingerprint density at radius 1 is 0.857 bits per heavy atom. The molecule has 2 aliphatic heterocycles. The number of nitrogens with zero attached hydrogens (tertiary/aromatic N) is 3. The van der Waals surface area contributed by atoms with Gasteiger partial charge in [-0.15, -0.1) is 0 Å². The zero-order valence-electron chi connectivity index (χ0n) is 19.7.